The van der Waals surface area contributed by atoms with E-state index >= 15 is 0 Å². The number of amides is 2. The summed E-state index contributed by atoms with van der Waals surface area (Å²) in [5.74, 6) is 0.514. The van der Waals surface area contributed by atoms with Gasteiger partial charge in [-0.05, 0) is 30.9 Å². The molecular weight excluding hydrogens is 356 g/mol. The highest BCUT2D eigenvalue weighted by Crippen LogP contribution is 2.28. The van der Waals surface area contributed by atoms with Crippen LogP contribution in [0, 0.1) is 6.92 Å². The molecular formula is C21H26N4O3. The second-order valence-electron chi connectivity index (χ2n) is 7.76. The molecule has 1 fully saturated rings. The van der Waals surface area contributed by atoms with Crippen molar-refractivity contribution in [2.24, 2.45) is 0 Å². The summed E-state index contributed by atoms with van der Waals surface area (Å²) in [6, 6.07) is 10.1. The Balaban J connectivity index is 1.43. The molecule has 0 bridgehead atoms. The minimum absolute atomic E-state index is 0.0561. The van der Waals surface area contributed by atoms with Crippen molar-refractivity contribution in [3.63, 3.8) is 0 Å². The Morgan fingerprint density at radius 2 is 2.04 bits per heavy atom. The number of fused-ring (bicyclic) bond motifs is 1. The zero-order chi connectivity index (χ0) is 19.7. The first-order valence-corrected chi connectivity index (χ1v) is 9.77. The van der Waals surface area contributed by atoms with E-state index in [0.29, 0.717) is 18.8 Å². The fourth-order valence-electron chi connectivity index (χ4n) is 4.28. The molecule has 1 aliphatic carbocycles. The zero-order valence-corrected chi connectivity index (χ0v) is 16.4. The average Bonchev–Trinajstić information content (AvgIpc) is 3.29. The smallest absolute Gasteiger partial charge is 0.237 e. The Hall–Kier alpha value is -2.67. The number of rotatable bonds is 5. The van der Waals surface area contributed by atoms with Crippen LogP contribution in [-0.4, -0.2) is 59.0 Å². The largest absolute Gasteiger partial charge is 0.359 e. The van der Waals surface area contributed by atoms with Crippen LogP contribution in [0.15, 0.2) is 34.9 Å². The molecule has 28 heavy (non-hydrogen) atoms. The van der Waals surface area contributed by atoms with Crippen LogP contribution in [-0.2, 0) is 29.0 Å². The number of carbonyl (C=O) groups is 2. The summed E-state index contributed by atoms with van der Waals surface area (Å²) in [6.45, 7) is 3.60. The Bertz CT molecular complexity index is 853. The third-order valence-electron chi connectivity index (χ3n) is 5.73. The Labute approximate surface area is 164 Å². The van der Waals surface area contributed by atoms with Crippen LogP contribution in [0.3, 0.4) is 0 Å². The molecule has 1 saturated heterocycles. The summed E-state index contributed by atoms with van der Waals surface area (Å²) in [5, 5.41) is 6.78. The molecule has 2 aromatic rings. The van der Waals surface area contributed by atoms with E-state index in [0.717, 1.165) is 25.1 Å². The average molecular weight is 382 g/mol. The number of nitrogens with one attached hydrogen (secondary N) is 1. The van der Waals surface area contributed by atoms with Crippen molar-refractivity contribution in [1.82, 2.24) is 20.3 Å². The predicted molar refractivity (Wildman–Crippen MR) is 103 cm³/mol. The highest BCUT2D eigenvalue weighted by molar-refractivity contribution is 5.88. The normalized spacial score (nSPS) is 20.1. The lowest BCUT2D eigenvalue weighted by atomic mass is 10.0. The van der Waals surface area contributed by atoms with Crippen molar-refractivity contribution in [3.05, 3.63) is 52.9 Å². The molecule has 7 nitrogen and oxygen atoms in total. The van der Waals surface area contributed by atoms with Gasteiger partial charge in [-0.1, -0.05) is 29.4 Å². The van der Waals surface area contributed by atoms with Crippen LogP contribution in [0.2, 0.25) is 0 Å². The fraction of sp³-hybridized carbons (Fsp3) is 0.476. The molecule has 148 valence electrons. The minimum atomic E-state index is -0.431. The Morgan fingerprint density at radius 1 is 1.32 bits per heavy atom. The second kappa shape index (κ2) is 7.75. The number of carbonyl (C=O) groups excluding carboxylic acids is 2. The van der Waals surface area contributed by atoms with E-state index in [-0.39, 0.29) is 24.3 Å². The van der Waals surface area contributed by atoms with E-state index in [1.54, 1.807) is 11.9 Å². The molecule has 1 aromatic carbocycles. The first kappa shape index (κ1) is 18.7. The quantitative estimate of drug-likeness (QED) is 0.843. The maximum absolute atomic E-state index is 12.8. The third-order valence-corrected chi connectivity index (χ3v) is 5.73. The van der Waals surface area contributed by atoms with Gasteiger partial charge in [0.1, 0.15) is 0 Å². The van der Waals surface area contributed by atoms with Gasteiger partial charge in [-0.2, -0.15) is 0 Å². The van der Waals surface area contributed by atoms with E-state index in [2.05, 4.69) is 39.6 Å². The Morgan fingerprint density at radius 3 is 2.68 bits per heavy atom. The molecule has 2 heterocycles. The van der Waals surface area contributed by atoms with Gasteiger partial charge in [0, 0.05) is 32.2 Å². The molecule has 1 atom stereocenters. The molecule has 0 radical (unpaired) electrons. The Kier molecular flexibility index (Phi) is 5.17. The van der Waals surface area contributed by atoms with Crippen molar-refractivity contribution in [1.29, 1.82) is 0 Å². The van der Waals surface area contributed by atoms with Gasteiger partial charge in [-0.15, -0.1) is 0 Å². The summed E-state index contributed by atoms with van der Waals surface area (Å²) >= 11 is 0. The van der Waals surface area contributed by atoms with E-state index < -0.39 is 6.04 Å². The summed E-state index contributed by atoms with van der Waals surface area (Å²) < 4.78 is 5.20. The molecule has 1 unspecified atom stereocenters. The number of hydrogen-bond donors (Lipinski definition) is 1. The van der Waals surface area contributed by atoms with Gasteiger partial charge < -0.3 is 14.7 Å². The second-order valence-corrected chi connectivity index (χ2v) is 7.76. The van der Waals surface area contributed by atoms with Crippen molar-refractivity contribution in [3.8, 4) is 0 Å². The van der Waals surface area contributed by atoms with Crippen LogP contribution in [0.4, 0.5) is 0 Å². The van der Waals surface area contributed by atoms with Crippen molar-refractivity contribution >= 4 is 11.8 Å². The summed E-state index contributed by atoms with van der Waals surface area (Å²) in [4.78, 5) is 29.2. The molecule has 0 saturated carbocycles. The van der Waals surface area contributed by atoms with Gasteiger partial charge in [-0.25, -0.2) is 0 Å². The maximum Gasteiger partial charge on any atom is 0.237 e. The summed E-state index contributed by atoms with van der Waals surface area (Å²) in [6.07, 6.45) is 2.03. The van der Waals surface area contributed by atoms with Gasteiger partial charge in [0.05, 0.1) is 24.7 Å². The van der Waals surface area contributed by atoms with Crippen LogP contribution in [0.5, 0.6) is 0 Å². The van der Waals surface area contributed by atoms with Gasteiger partial charge in [0.2, 0.25) is 11.8 Å². The van der Waals surface area contributed by atoms with Gasteiger partial charge in [0.15, 0.2) is 5.76 Å². The number of aryl methyl sites for hydroxylation is 1. The van der Waals surface area contributed by atoms with Crippen molar-refractivity contribution in [2.45, 2.75) is 44.8 Å². The summed E-state index contributed by atoms with van der Waals surface area (Å²) in [7, 11) is 1.73. The maximum atomic E-state index is 12.8. The standard InChI is InChI=1S/C21H26N4O3/c1-14-9-18(28-23-14)13-24(2)20(26)12-19-21(27)22-7-8-25(19)17-10-15-5-3-4-6-16(15)11-17/h3-6,9,17,19H,7-8,10-13H2,1-2H3,(H,22,27). The highest BCUT2D eigenvalue weighted by Gasteiger charge is 2.38. The molecule has 1 N–H and O–H groups in total. The highest BCUT2D eigenvalue weighted by atomic mass is 16.5. The lowest BCUT2D eigenvalue weighted by Gasteiger charge is -2.39. The molecule has 4 rings (SSSR count). The first-order valence-electron chi connectivity index (χ1n) is 9.77. The van der Waals surface area contributed by atoms with Crippen molar-refractivity contribution in [2.75, 3.05) is 20.1 Å². The SMILES string of the molecule is Cc1cc(CN(C)C(=O)CC2C(=O)NCCN2C2Cc3ccccc3C2)on1. The number of nitrogens with zero attached hydrogens (tertiary/aromatic N) is 3. The number of benzene rings is 1. The lowest BCUT2D eigenvalue weighted by Crippen LogP contribution is -2.59. The van der Waals surface area contributed by atoms with E-state index in [1.165, 1.54) is 11.1 Å². The van der Waals surface area contributed by atoms with Crippen LogP contribution in [0.25, 0.3) is 0 Å². The van der Waals surface area contributed by atoms with Crippen LogP contribution < -0.4 is 5.32 Å². The summed E-state index contributed by atoms with van der Waals surface area (Å²) in [5.41, 5.74) is 3.48. The van der Waals surface area contributed by atoms with Gasteiger partial charge in [0.25, 0.3) is 0 Å². The van der Waals surface area contributed by atoms with Crippen LogP contribution >= 0.6 is 0 Å². The predicted octanol–water partition coefficient (Wildman–Crippen LogP) is 1.30. The topological polar surface area (TPSA) is 78.7 Å². The van der Waals surface area contributed by atoms with E-state index in [1.807, 2.05) is 13.0 Å². The van der Waals surface area contributed by atoms with Crippen LogP contribution in [0.1, 0.15) is 29.0 Å². The van der Waals surface area contributed by atoms with E-state index in [9.17, 15) is 9.59 Å². The number of aromatic nitrogens is 1. The monoisotopic (exact) mass is 382 g/mol. The van der Waals surface area contributed by atoms with Crippen molar-refractivity contribution < 1.29 is 14.1 Å². The number of piperazine rings is 1. The number of hydrogen-bond acceptors (Lipinski definition) is 5. The van der Waals surface area contributed by atoms with Gasteiger partial charge >= 0.3 is 0 Å². The lowest BCUT2D eigenvalue weighted by molar-refractivity contribution is -0.139. The zero-order valence-electron chi connectivity index (χ0n) is 16.4. The minimum Gasteiger partial charge on any atom is -0.359 e. The van der Waals surface area contributed by atoms with Gasteiger partial charge in [-0.3, -0.25) is 14.5 Å². The first-order chi connectivity index (χ1) is 13.5. The molecule has 1 aliphatic heterocycles. The molecule has 2 aliphatic rings. The molecule has 1 aromatic heterocycles. The third kappa shape index (κ3) is 3.80. The fourth-order valence-corrected chi connectivity index (χ4v) is 4.28. The molecule has 2 amide bonds. The molecule has 0 spiro atoms. The van der Waals surface area contributed by atoms with E-state index in [4.69, 9.17) is 4.52 Å². The molecule has 7 heteroatoms.